The zero-order valence-corrected chi connectivity index (χ0v) is 11.8. The molecule has 0 aliphatic rings. The molecule has 2 N–H and O–H groups in total. The van der Waals surface area contributed by atoms with E-state index in [4.69, 9.17) is 22.1 Å². The lowest BCUT2D eigenvalue weighted by molar-refractivity contribution is 0.170. The van der Waals surface area contributed by atoms with E-state index in [1.807, 2.05) is 6.92 Å². The first-order chi connectivity index (χ1) is 9.60. The Morgan fingerprint density at radius 2 is 2.15 bits per heavy atom. The molecule has 106 valence electrons. The Labute approximate surface area is 122 Å². The molecule has 2 aromatic rings. The molecule has 0 bridgehead atoms. The number of pyridine rings is 1. The zero-order valence-electron chi connectivity index (χ0n) is 11.1. The van der Waals surface area contributed by atoms with Gasteiger partial charge in [0.15, 0.2) is 0 Å². The van der Waals surface area contributed by atoms with E-state index in [1.54, 1.807) is 24.4 Å². The molecule has 0 spiro atoms. The van der Waals surface area contributed by atoms with Crippen LogP contribution < -0.4 is 10.5 Å². The van der Waals surface area contributed by atoms with Crippen LogP contribution in [-0.4, -0.2) is 11.0 Å². The number of nitrogens with two attached hydrogens (primary N) is 1. The number of aromatic nitrogens is 1. The van der Waals surface area contributed by atoms with Gasteiger partial charge in [-0.1, -0.05) is 30.7 Å². The molecule has 0 saturated carbocycles. The molecule has 1 aromatic heterocycles. The topological polar surface area (TPSA) is 48.1 Å². The molecule has 3 nitrogen and oxygen atoms in total. The molecule has 0 amide bonds. The van der Waals surface area contributed by atoms with Gasteiger partial charge in [-0.25, -0.2) is 4.39 Å². The molecule has 0 saturated heterocycles. The van der Waals surface area contributed by atoms with Gasteiger partial charge in [-0.05, 0) is 24.1 Å². The van der Waals surface area contributed by atoms with Crippen LogP contribution >= 0.6 is 11.6 Å². The molecular weight excluding hydrogens is 279 g/mol. The largest absolute Gasteiger partial charge is 0.482 e. The van der Waals surface area contributed by atoms with Crippen molar-refractivity contribution in [3.63, 3.8) is 0 Å². The van der Waals surface area contributed by atoms with E-state index in [1.165, 1.54) is 18.3 Å². The lowest BCUT2D eigenvalue weighted by atomic mass is 10.0. The van der Waals surface area contributed by atoms with Crippen molar-refractivity contribution in [2.45, 2.75) is 25.5 Å². The van der Waals surface area contributed by atoms with Gasteiger partial charge in [-0.2, -0.15) is 0 Å². The number of halogens is 2. The van der Waals surface area contributed by atoms with E-state index in [2.05, 4.69) is 4.98 Å². The molecule has 0 fully saturated rings. The van der Waals surface area contributed by atoms with Gasteiger partial charge in [-0.15, -0.1) is 0 Å². The minimum atomic E-state index is -0.448. The number of rotatable bonds is 5. The Balaban J connectivity index is 2.29. The minimum Gasteiger partial charge on any atom is -0.482 e. The third kappa shape index (κ3) is 3.68. The number of benzene rings is 1. The fourth-order valence-corrected chi connectivity index (χ4v) is 2.07. The highest BCUT2D eigenvalue weighted by Gasteiger charge is 2.21. The summed E-state index contributed by atoms with van der Waals surface area (Å²) in [5, 5.41) is 0.477. The Bertz CT molecular complexity index is 579. The highest BCUT2D eigenvalue weighted by molar-refractivity contribution is 6.30. The molecule has 2 rings (SSSR count). The van der Waals surface area contributed by atoms with E-state index in [9.17, 15) is 4.39 Å². The SMILES string of the molecule is CCC(N)C(Oc1cncc(Cl)c1)c1cccc(F)c1. The van der Waals surface area contributed by atoms with Crippen LogP contribution in [0, 0.1) is 5.82 Å². The molecule has 0 aliphatic heterocycles. The van der Waals surface area contributed by atoms with Gasteiger partial charge in [0.1, 0.15) is 17.7 Å². The number of hydrogen-bond donors (Lipinski definition) is 1. The summed E-state index contributed by atoms with van der Waals surface area (Å²) in [6, 6.07) is 7.65. The highest BCUT2D eigenvalue weighted by atomic mass is 35.5. The summed E-state index contributed by atoms with van der Waals surface area (Å²) in [7, 11) is 0. The van der Waals surface area contributed by atoms with Crippen molar-refractivity contribution in [1.29, 1.82) is 0 Å². The molecule has 1 aromatic carbocycles. The monoisotopic (exact) mass is 294 g/mol. The first-order valence-corrected chi connectivity index (χ1v) is 6.76. The van der Waals surface area contributed by atoms with Crippen molar-refractivity contribution in [3.8, 4) is 5.75 Å². The van der Waals surface area contributed by atoms with Crippen molar-refractivity contribution >= 4 is 11.6 Å². The third-order valence-corrected chi connectivity index (χ3v) is 3.19. The van der Waals surface area contributed by atoms with Gasteiger partial charge >= 0.3 is 0 Å². The highest BCUT2D eigenvalue weighted by Crippen LogP contribution is 2.26. The van der Waals surface area contributed by atoms with E-state index in [-0.39, 0.29) is 11.9 Å². The van der Waals surface area contributed by atoms with Crippen molar-refractivity contribution in [3.05, 3.63) is 59.1 Å². The molecule has 2 atom stereocenters. The average molecular weight is 295 g/mol. The van der Waals surface area contributed by atoms with Gasteiger partial charge in [0, 0.05) is 18.3 Å². The lowest BCUT2D eigenvalue weighted by Crippen LogP contribution is -2.31. The van der Waals surface area contributed by atoms with Crippen LogP contribution in [0.3, 0.4) is 0 Å². The second kappa shape index (κ2) is 6.68. The van der Waals surface area contributed by atoms with Crippen LogP contribution in [0.1, 0.15) is 25.0 Å². The normalized spacial score (nSPS) is 13.8. The first-order valence-electron chi connectivity index (χ1n) is 6.38. The Kier molecular flexibility index (Phi) is 4.93. The summed E-state index contributed by atoms with van der Waals surface area (Å²) < 4.78 is 19.2. The van der Waals surface area contributed by atoms with Gasteiger partial charge in [0.2, 0.25) is 0 Å². The van der Waals surface area contributed by atoms with E-state index in [0.717, 1.165) is 0 Å². The molecule has 0 aliphatic carbocycles. The summed E-state index contributed by atoms with van der Waals surface area (Å²) in [6.07, 6.45) is 3.33. The maximum absolute atomic E-state index is 13.4. The van der Waals surface area contributed by atoms with Gasteiger partial charge in [-0.3, -0.25) is 4.98 Å². The van der Waals surface area contributed by atoms with E-state index < -0.39 is 6.10 Å². The minimum absolute atomic E-state index is 0.254. The maximum Gasteiger partial charge on any atom is 0.140 e. The molecule has 1 heterocycles. The Hall–Kier alpha value is -1.65. The second-order valence-corrected chi connectivity index (χ2v) is 4.94. The van der Waals surface area contributed by atoms with Crippen LogP contribution in [0.4, 0.5) is 4.39 Å². The fourth-order valence-electron chi connectivity index (χ4n) is 1.90. The Morgan fingerprint density at radius 1 is 1.35 bits per heavy atom. The van der Waals surface area contributed by atoms with Crippen LogP contribution in [0.5, 0.6) is 5.75 Å². The first kappa shape index (κ1) is 14.8. The summed E-state index contributed by atoms with van der Waals surface area (Å²) >= 11 is 5.88. The zero-order chi connectivity index (χ0) is 14.5. The summed E-state index contributed by atoms with van der Waals surface area (Å²) in [5.41, 5.74) is 6.78. The van der Waals surface area contributed by atoms with E-state index >= 15 is 0 Å². The average Bonchev–Trinajstić information content (AvgIpc) is 2.44. The molecular formula is C15H16ClFN2O. The van der Waals surface area contributed by atoms with Crippen molar-refractivity contribution in [1.82, 2.24) is 4.98 Å². The number of nitrogens with zero attached hydrogens (tertiary/aromatic N) is 1. The van der Waals surface area contributed by atoms with Crippen molar-refractivity contribution < 1.29 is 9.13 Å². The van der Waals surface area contributed by atoms with Crippen LogP contribution in [0.25, 0.3) is 0 Å². The molecule has 2 unspecified atom stereocenters. The molecule has 0 radical (unpaired) electrons. The summed E-state index contributed by atoms with van der Waals surface area (Å²) in [5.74, 6) is 0.194. The molecule has 5 heteroatoms. The predicted octanol–water partition coefficient (Wildman–Crippen LogP) is 3.73. The fraction of sp³-hybridized carbons (Fsp3) is 0.267. The maximum atomic E-state index is 13.4. The number of ether oxygens (including phenoxy) is 1. The quantitative estimate of drug-likeness (QED) is 0.914. The third-order valence-electron chi connectivity index (χ3n) is 2.98. The predicted molar refractivity (Wildman–Crippen MR) is 77.3 cm³/mol. The lowest BCUT2D eigenvalue weighted by Gasteiger charge is -2.24. The Morgan fingerprint density at radius 3 is 2.80 bits per heavy atom. The van der Waals surface area contributed by atoms with Gasteiger partial charge < -0.3 is 10.5 Å². The molecule has 20 heavy (non-hydrogen) atoms. The standard InChI is InChI=1S/C15H16ClFN2O/c1-2-14(18)15(10-4-3-5-12(17)6-10)20-13-7-11(16)8-19-9-13/h3-9,14-15H,2,18H2,1H3. The van der Waals surface area contributed by atoms with Crippen LogP contribution in [0.15, 0.2) is 42.7 Å². The smallest absolute Gasteiger partial charge is 0.140 e. The second-order valence-electron chi connectivity index (χ2n) is 4.50. The summed E-state index contributed by atoms with van der Waals surface area (Å²) in [4.78, 5) is 3.96. The van der Waals surface area contributed by atoms with Crippen LogP contribution in [0.2, 0.25) is 5.02 Å². The van der Waals surface area contributed by atoms with Crippen LogP contribution in [-0.2, 0) is 0 Å². The van der Waals surface area contributed by atoms with Gasteiger partial charge in [0.25, 0.3) is 0 Å². The van der Waals surface area contributed by atoms with Crippen molar-refractivity contribution in [2.75, 3.05) is 0 Å². The van der Waals surface area contributed by atoms with Crippen molar-refractivity contribution in [2.24, 2.45) is 5.73 Å². The number of hydrogen-bond acceptors (Lipinski definition) is 3. The van der Waals surface area contributed by atoms with Gasteiger partial charge in [0.05, 0.1) is 11.2 Å². The van der Waals surface area contributed by atoms with E-state index in [0.29, 0.717) is 22.8 Å². The summed E-state index contributed by atoms with van der Waals surface area (Å²) in [6.45, 7) is 1.95.